The molecule has 2 saturated heterocycles. The average Bonchev–Trinajstić information content (AvgIpc) is 3.19. The highest BCUT2D eigenvalue weighted by Crippen LogP contribution is 2.55. The Bertz CT molecular complexity index is 1020. The molecule has 3 heterocycles. The number of benzene rings is 2. The van der Waals surface area contributed by atoms with Crippen molar-refractivity contribution in [3.8, 4) is 0 Å². The lowest BCUT2D eigenvalue weighted by Gasteiger charge is -2.33. The first-order valence-corrected chi connectivity index (χ1v) is 9.47. The van der Waals surface area contributed by atoms with Crippen molar-refractivity contribution in [2.75, 3.05) is 11.6 Å². The SMILES string of the molecule is CC1(C)CN2c3ccccc3C3(CC(=O)N(Cc4ccccc4)C3=O)N2C1=O. The number of amides is 3. The molecule has 3 aliphatic rings. The number of hydrogen-bond acceptors (Lipinski definition) is 4. The second-order valence-corrected chi connectivity index (χ2v) is 8.38. The van der Waals surface area contributed by atoms with E-state index in [0.717, 1.165) is 16.8 Å². The Balaban J connectivity index is 1.63. The zero-order valence-electron chi connectivity index (χ0n) is 15.9. The molecule has 0 N–H and O–H groups in total. The number of anilines is 1. The van der Waals surface area contributed by atoms with E-state index in [4.69, 9.17) is 0 Å². The average molecular weight is 375 g/mol. The van der Waals surface area contributed by atoms with Gasteiger partial charge in [0.1, 0.15) is 0 Å². The van der Waals surface area contributed by atoms with Gasteiger partial charge in [0.15, 0.2) is 5.54 Å². The molecule has 142 valence electrons. The van der Waals surface area contributed by atoms with Crippen molar-refractivity contribution in [3.63, 3.8) is 0 Å². The second-order valence-electron chi connectivity index (χ2n) is 8.38. The molecule has 3 aliphatic heterocycles. The minimum absolute atomic E-state index is 0.0198. The van der Waals surface area contributed by atoms with Crippen LogP contribution in [0.15, 0.2) is 54.6 Å². The van der Waals surface area contributed by atoms with Gasteiger partial charge in [-0.2, -0.15) is 0 Å². The van der Waals surface area contributed by atoms with Gasteiger partial charge in [-0.1, -0.05) is 48.5 Å². The van der Waals surface area contributed by atoms with E-state index in [1.165, 1.54) is 4.90 Å². The standard InChI is InChI=1S/C22H21N3O3/c1-21(2)14-24-17-11-7-6-10-16(17)22(25(24)19(21)27)12-18(26)23(20(22)28)13-15-8-4-3-5-9-15/h3-11H,12-14H2,1-2H3. The minimum atomic E-state index is -1.27. The zero-order chi connectivity index (χ0) is 19.7. The highest BCUT2D eigenvalue weighted by molar-refractivity contribution is 6.13. The lowest BCUT2D eigenvalue weighted by atomic mass is 9.84. The molecule has 0 aliphatic carbocycles. The molecule has 2 aromatic carbocycles. The number of nitrogens with zero attached hydrogens (tertiary/aromatic N) is 3. The maximum atomic E-state index is 13.7. The maximum Gasteiger partial charge on any atom is 0.262 e. The normalized spacial score (nSPS) is 25.1. The Morgan fingerprint density at radius 2 is 1.57 bits per heavy atom. The van der Waals surface area contributed by atoms with Crippen molar-refractivity contribution in [2.24, 2.45) is 5.41 Å². The van der Waals surface area contributed by atoms with Gasteiger partial charge in [-0.05, 0) is 25.5 Å². The molecule has 0 saturated carbocycles. The number of rotatable bonds is 2. The molecule has 5 rings (SSSR count). The molecular weight excluding hydrogens is 354 g/mol. The summed E-state index contributed by atoms with van der Waals surface area (Å²) in [6, 6.07) is 17.0. The van der Waals surface area contributed by atoms with Crippen LogP contribution in [0.1, 0.15) is 31.4 Å². The molecule has 2 fully saturated rings. The van der Waals surface area contributed by atoms with E-state index in [-0.39, 0.29) is 30.7 Å². The number of carbonyl (C=O) groups is 3. The Labute approximate surface area is 163 Å². The first-order valence-electron chi connectivity index (χ1n) is 9.47. The van der Waals surface area contributed by atoms with Crippen molar-refractivity contribution >= 4 is 23.4 Å². The molecule has 0 aromatic heterocycles. The van der Waals surface area contributed by atoms with E-state index >= 15 is 0 Å². The Hall–Kier alpha value is -3.15. The third kappa shape index (κ3) is 2.00. The van der Waals surface area contributed by atoms with Gasteiger partial charge in [-0.25, -0.2) is 5.01 Å². The van der Waals surface area contributed by atoms with Gasteiger partial charge in [0.25, 0.3) is 5.91 Å². The molecule has 1 spiro atoms. The zero-order valence-corrected chi connectivity index (χ0v) is 15.9. The van der Waals surface area contributed by atoms with Crippen LogP contribution < -0.4 is 5.01 Å². The number of para-hydroxylation sites is 1. The molecule has 6 nitrogen and oxygen atoms in total. The number of carbonyl (C=O) groups excluding carboxylic acids is 3. The first kappa shape index (κ1) is 17.0. The Morgan fingerprint density at radius 1 is 0.893 bits per heavy atom. The van der Waals surface area contributed by atoms with Crippen LogP contribution in [-0.4, -0.2) is 34.2 Å². The van der Waals surface area contributed by atoms with Crippen LogP contribution >= 0.6 is 0 Å². The van der Waals surface area contributed by atoms with Crippen molar-refractivity contribution < 1.29 is 14.4 Å². The van der Waals surface area contributed by atoms with Crippen LogP contribution in [0.4, 0.5) is 5.69 Å². The van der Waals surface area contributed by atoms with E-state index in [0.29, 0.717) is 6.54 Å². The van der Waals surface area contributed by atoms with Crippen LogP contribution in [0.5, 0.6) is 0 Å². The van der Waals surface area contributed by atoms with Crippen LogP contribution in [0.2, 0.25) is 0 Å². The molecule has 0 radical (unpaired) electrons. The van der Waals surface area contributed by atoms with Gasteiger partial charge in [0.2, 0.25) is 11.8 Å². The summed E-state index contributed by atoms with van der Waals surface area (Å²) in [5.74, 6) is -0.684. The molecule has 6 heteroatoms. The number of fused-ring (bicyclic) bond motifs is 5. The van der Waals surface area contributed by atoms with E-state index < -0.39 is 11.0 Å². The van der Waals surface area contributed by atoms with Gasteiger partial charge >= 0.3 is 0 Å². The molecule has 28 heavy (non-hydrogen) atoms. The fourth-order valence-electron chi connectivity index (χ4n) is 4.67. The van der Waals surface area contributed by atoms with Gasteiger partial charge in [-0.15, -0.1) is 0 Å². The van der Waals surface area contributed by atoms with E-state index in [9.17, 15) is 14.4 Å². The van der Waals surface area contributed by atoms with Crippen molar-refractivity contribution in [1.82, 2.24) is 9.91 Å². The molecule has 3 amide bonds. The molecular formula is C22H21N3O3. The number of likely N-dealkylation sites (tertiary alicyclic amines) is 1. The molecule has 1 unspecified atom stereocenters. The minimum Gasteiger partial charge on any atom is -0.280 e. The van der Waals surface area contributed by atoms with Gasteiger partial charge in [-0.3, -0.25) is 24.3 Å². The number of hydrogen-bond donors (Lipinski definition) is 0. The van der Waals surface area contributed by atoms with Gasteiger partial charge in [0.05, 0.1) is 30.6 Å². The summed E-state index contributed by atoms with van der Waals surface area (Å²) in [4.78, 5) is 41.2. The summed E-state index contributed by atoms with van der Waals surface area (Å²) in [5, 5.41) is 3.44. The predicted molar refractivity (Wildman–Crippen MR) is 103 cm³/mol. The summed E-state index contributed by atoms with van der Waals surface area (Å²) in [5.41, 5.74) is 0.582. The summed E-state index contributed by atoms with van der Waals surface area (Å²) in [6.45, 7) is 4.47. The second kappa shape index (κ2) is 5.44. The van der Waals surface area contributed by atoms with Crippen LogP contribution in [-0.2, 0) is 26.5 Å². The van der Waals surface area contributed by atoms with Crippen LogP contribution in [0.3, 0.4) is 0 Å². The van der Waals surface area contributed by atoms with E-state index in [1.54, 1.807) is 5.01 Å². The van der Waals surface area contributed by atoms with Crippen molar-refractivity contribution in [3.05, 3.63) is 65.7 Å². The molecule has 2 aromatic rings. The fraction of sp³-hybridized carbons (Fsp3) is 0.318. The van der Waals surface area contributed by atoms with Crippen molar-refractivity contribution in [2.45, 2.75) is 32.4 Å². The molecule has 1 atom stereocenters. The lowest BCUT2D eigenvalue weighted by molar-refractivity contribution is -0.150. The third-order valence-electron chi connectivity index (χ3n) is 6.04. The van der Waals surface area contributed by atoms with Gasteiger partial charge in [0, 0.05) is 5.56 Å². The number of hydrazine groups is 1. The van der Waals surface area contributed by atoms with E-state index in [2.05, 4.69) is 0 Å². The summed E-state index contributed by atoms with van der Waals surface area (Å²) in [6.07, 6.45) is -0.0198. The lowest BCUT2D eigenvalue weighted by Crippen LogP contribution is -2.53. The van der Waals surface area contributed by atoms with Gasteiger partial charge < -0.3 is 0 Å². The Morgan fingerprint density at radius 3 is 2.32 bits per heavy atom. The van der Waals surface area contributed by atoms with Crippen LogP contribution in [0.25, 0.3) is 0 Å². The summed E-state index contributed by atoms with van der Waals surface area (Å²) < 4.78 is 0. The third-order valence-corrected chi connectivity index (χ3v) is 6.04. The largest absolute Gasteiger partial charge is 0.280 e. The highest BCUT2D eigenvalue weighted by atomic mass is 16.2. The number of imide groups is 1. The van der Waals surface area contributed by atoms with Crippen molar-refractivity contribution in [1.29, 1.82) is 0 Å². The monoisotopic (exact) mass is 375 g/mol. The molecule has 0 bridgehead atoms. The predicted octanol–water partition coefficient (Wildman–Crippen LogP) is 2.44. The highest BCUT2D eigenvalue weighted by Gasteiger charge is 2.67. The summed E-state index contributed by atoms with van der Waals surface area (Å²) in [7, 11) is 0. The Kier molecular flexibility index (Phi) is 3.30. The fourth-order valence-corrected chi connectivity index (χ4v) is 4.67. The first-order chi connectivity index (χ1) is 13.4. The summed E-state index contributed by atoms with van der Waals surface area (Å²) >= 11 is 0. The topological polar surface area (TPSA) is 60.9 Å². The van der Waals surface area contributed by atoms with E-state index in [1.807, 2.05) is 73.5 Å². The maximum absolute atomic E-state index is 13.7. The smallest absolute Gasteiger partial charge is 0.262 e. The quantitative estimate of drug-likeness (QED) is 0.757. The van der Waals surface area contributed by atoms with Crippen LogP contribution in [0, 0.1) is 5.41 Å².